The summed E-state index contributed by atoms with van der Waals surface area (Å²) in [4.78, 5) is 31.7. The van der Waals surface area contributed by atoms with Crippen LogP contribution in [0.5, 0.6) is 0 Å². The number of carbonyl (C=O) groups excluding carboxylic acids is 1. The van der Waals surface area contributed by atoms with Gasteiger partial charge in [0.15, 0.2) is 0 Å². The quantitative estimate of drug-likeness (QED) is 0.0683. The number of aromatic nitrogens is 4. The van der Waals surface area contributed by atoms with Gasteiger partial charge in [0.05, 0.1) is 30.2 Å². The van der Waals surface area contributed by atoms with E-state index in [0.717, 1.165) is 9.36 Å². The Morgan fingerprint density at radius 1 is 0.831 bits per heavy atom. The van der Waals surface area contributed by atoms with Crippen LogP contribution in [0.1, 0.15) is 12.8 Å². The molecule has 1 aliphatic heterocycles. The second-order valence-electron chi connectivity index (χ2n) is 14.9. The Balaban J connectivity index is 0.000000292. The number of piperidine rings is 1. The Hall–Kier alpha value is -5.32. The van der Waals surface area contributed by atoms with Crippen molar-refractivity contribution in [1.82, 2.24) is 38.4 Å². The molecule has 0 saturated carbocycles. The van der Waals surface area contributed by atoms with E-state index < -0.39 is 30.1 Å². The molecule has 0 atom stereocenters. The number of hydrogen-bond acceptors (Lipinski definition) is 11. The summed E-state index contributed by atoms with van der Waals surface area (Å²) in [7, 11) is -10.0. The van der Waals surface area contributed by atoms with Gasteiger partial charge in [-0.2, -0.15) is 5.10 Å². The van der Waals surface area contributed by atoms with Crippen molar-refractivity contribution >= 4 is 86.8 Å². The SMILES string of the molecule is C=CCN(CCNS(=O)(=O)c1ccc2c(Cl)cn(S(=O)(=O)c3ccccc3)c2c1)C(=O)C1CCN(c2ccc(=O)n(C)n2)CC1.C=CCNCCNS(=O)(=O)c1ccc2c(Cl)c[nH]c2c1. The maximum Gasteiger partial charge on any atom is 0.268 e. The number of hydrogen-bond donors (Lipinski definition) is 4. The molecular formula is C43H49Cl2N9O8S3. The van der Waals surface area contributed by atoms with Crippen LogP contribution in [0.4, 0.5) is 5.82 Å². The van der Waals surface area contributed by atoms with Crippen LogP contribution in [0, 0.1) is 5.92 Å². The Bertz CT molecular complexity index is 3080. The number of fused-ring (bicyclic) bond motifs is 2. The Labute approximate surface area is 387 Å². The Kier molecular flexibility index (Phi) is 16.1. The third-order valence-corrected chi connectivity index (χ3v) is 15.8. The highest BCUT2D eigenvalue weighted by Gasteiger charge is 2.30. The van der Waals surface area contributed by atoms with Crippen molar-refractivity contribution in [2.24, 2.45) is 13.0 Å². The standard InChI is InChI=1S/C30H33ClN6O6S2.C13H16ClN3O2S/c1-3-16-36(30(39)22-13-17-35(18-14-22)28-11-12-29(38)34(2)33-28)19-15-32-44(40,41)24-9-10-25-26(31)21-37(27(25)20-24)45(42,43)23-7-5-4-6-8-23;1-2-5-15-6-7-17-20(18,19)10-3-4-11-12(14)9-16-13(11)8-10/h3-12,20-22,32H,1,13-19H2,2H3;2-4,8-9,15-17H,1,5-7H2. The zero-order chi connectivity index (χ0) is 46.9. The number of sulfonamides is 2. The largest absolute Gasteiger partial charge is 0.360 e. The molecular weight excluding hydrogens is 938 g/mol. The van der Waals surface area contributed by atoms with E-state index in [1.807, 2.05) is 4.90 Å². The molecule has 0 spiro atoms. The summed E-state index contributed by atoms with van der Waals surface area (Å²) < 4.78 is 84.7. The first-order chi connectivity index (χ1) is 31.0. The van der Waals surface area contributed by atoms with E-state index in [1.54, 1.807) is 72.8 Å². The Morgan fingerprint density at radius 2 is 1.49 bits per heavy atom. The van der Waals surface area contributed by atoms with Crippen LogP contribution in [-0.2, 0) is 41.9 Å². The number of aromatic amines is 1. The van der Waals surface area contributed by atoms with Crippen molar-refractivity contribution in [3.05, 3.63) is 137 Å². The molecule has 22 heteroatoms. The molecule has 1 amide bonds. The van der Waals surface area contributed by atoms with Crippen LogP contribution in [0.2, 0.25) is 10.0 Å². The number of nitrogens with zero attached hydrogens (tertiary/aromatic N) is 5. The van der Waals surface area contributed by atoms with Crippen molar-refractivity contribution in [1.29, 1.82) is 0 Å². The van der Waals surface area contributed by atoms with E-state index >= 15 is 0 Å². The van der Waals surface area contributed by atoms with Crippen molar-refractivity contribution < 1.29 is 30.0 Å². The summed E-state index contributed by atoms with van der Waals surface area (Å²) in [6.45, 7) is 10.3. The number of aryl methyl sites for hydroxylation is 1. The van der Waals surface area contributed by atoms with Gasteiger partial charge in [-0.3, -0.25) is 9.59 Å². The molecule has 0 bridgehead atoms. The predicted octanol–water partition coefficient (Wildman–Crippen LogP) is 4.71. The minimum absolute atomic E-state index is 0.0336. The molecule has 0 radical (unpaired) electrons. The third kappa shape index (κ3) is 11.7. The summed E-state index contributed by atoms with van der Waals surface area (Å²) in [6, 6.07) is 19.8. The number of rotatable bonds is 18. The van der Waals surface area contributed by atoms with E-state index in [4.69, 9.17) is 23.2 Å². The fourth-order valence-corrected chi connectivity index (χ4v) is 11.1. The van der Waals surface area contributed by atoms with Crippen molar-refractivity contribution in [3.63, 3.8) is 0 Å². The van der Waals surface area contributed by atoms with Crippen LogP contribution < -0.4 is 25.2 Å². The number of carbonyl (C=O) groups is 1. The molecule has 4 heterocycles. The van der Waals surface area contributed by atoms with Gasteiger partial charge in [-0.25, -0.2) is 43.4 Å². The zero-order valence-corrected chi connectivity index (χ0v) is 39.3. The molecule has 0 unspecified atom stereocenters. The maximum atomic E-state index is 13.4. The molecule has 7 rings (SSSR count). The highest BCUT2D eigenvalue weighted by molar-refractivity contribution is 7.90. The third-order valence-electron chi connectivity index (χ3n) is 10.5. The summed E-state index contributed by atoms with van der Waals surface area (Å²) >= 11 is 12.3. The highest BCUT2D eigenvalue weighted by Crippen LogP contribution is 2.31. The molecule has 17 nitrogen and oxygen atoms in total. The second-order valence-corrected chi connectivity index (χ2v) is 21.1. The topological polar surface area (TPSA) is 218 Å². The van der Waals surface area contributed by atoms with Gasteiger partial charge in [0.2, 0.25) is 26.0 Å². The molecule has 1 aliphatic rings. The average molecular weight is 987 g/mol. The van der Waals surface area contributed by atoms with Crippen LogP contribution in [0.3, 0.4) is 0 Å². The molecule has 1 saturated heterocycles. The molecule has 65 heavy (non-hydrogen) atoms. The van der Waals surface area contributed by atoms with E-state index in [9.17, 15) is 34.8 Å². The summed E-state index contributed by atoms with van der Waals surface area (Å²) in [5.74, 6) is 0.324. The number of H-pyrrole nitrogens is 1. The molecule has 3 aromatic heterocycles. The smallest absolute Gasteiger partial charge is 0.268 e. The van der Waals surface area contributed by atoms with Crippen LogP contribution in [-0.4, -0.2) is 107 Å². The molecule has 3 aromatic carbocycles. The van der Waals surface area contributed by atoms with Crippen molar-refractivity contribution in [2.45, 2.75) is 27.5 Å². The van der Waals surface area contributed by atoms with E-state index in [1.165, 1.54) is 47.3 Å². The van der Waals surface area contributed by atoms with Crippen molar-refractivity contribution in [2.75, 3.05) is 57.3 Å². The molecule has 1 fully saturated rings. The minimum atomic E-state index is -4.08. The molecule has 346 valence electrons. The summed E-state index contributed by atoms with van der Waals surface area (Å²) in [5, 5.41) is 9.24. The summed E-state index contributed by atoms with van der Waals surface area (Å²) in [5.41, 5.74) is 0.618. The first-order valence-electron chi connectivity index (χ1n) is 20.3. The lowest BCUT2D eigenvalue weighted by Gasteiger charge is -2.34. The minimum Gasteiger partial charge on any atom is -0.360 e. The Morgan fingerprint density at radius 3 is 2.15 bits per heavy atom. The van der Waals surface area contributed by atoms with Crippen LogP contribution >= 0.6 is 23.2 Å². The van der Waals surface area contributed by atoms with E-state index in [2.05, 4.69) is 38.0 Å². The first-order valence-corrected chi connectivity index (χ1v) is 25.5. The van der Waals surface area contributed by atoms with Crippen LogP contribution in [0.25, 0.3) is 21.8 Å². The molecule has 4 N–H and O–H groups in total. The fourth-order valence-electron chi connectivity index (χ4n) is 7.13. The van der Waals surface area contributed by atoms with Crippen LogP contribution in [0.15, 0.2) is 136 Å². The van der Waals surface area contributed by atoms with Crippen molar-refractivity contribution in [3.8, 4) is 0 Å². The highest BCUT2D eigenvalue weighted by atomic mass is 35.5. The van der Waals surface area contributed by atoms with Gasteiger partial charge in [-0.15, -0.1) is 13.2 Å². The number of amides is 1. The van der Waals surface area contributed by atoms with Gasteiger partial charge in [-0.1, -0.05) is 53.6 Å². The fraction of sp³-hybridized carbons (Fsp3) is 0.279. The zero-order valence-electron chi connectivity index (χ0n) is 35.4. The lowest BCUT2D eigenvalue weighted by Crippen LogP contribution is -2.45. The number of halogens is 2. The monoisotopic (exact) mass is 985 g/mol. The lowest BCUT2D eigenvalue weighted by molar-refractivity contribution is -0.135. The molecule has 6 aromatic rings. The van der Waals surface area contributed by atoms with Gasteiger partial charge >= 0.3 is 0 Å². The van der Waals surface area contributed by atoms with Gasteiger partial charge < -0.3 is 20.1 Å². The number of benzene rings is 3. The normalized spacial score (nSPS) is 13.7. The average Bonchev–Trinajstić information content (AvgIpc) is 3.85. The van der Waals surface area contributed by atoms with Gasteiger partial charge in [0.25, 0.3) is 15.6 Å². The van der Waals surface area contributed by atoms with E-state index in [-0.39, 0.29) is 62.2 Å². The second kappa shape index (κ2) is 21.3. The van der Waals surface area contributed by atoms with E-state index in [0.29, 0.717) is 67.3 Å². The number of nitrogens with one attached hydrogen (secondary N) is 4. The number of anilines is 1. The lowest BCUT2D eigenvalue weighted by atomic mass is 9.95. The summed E-state index contributed by atoms with van der Waals surface area (Å²) in [6.07, 6.45) is 7.36. The van der Waals surface area contributed by atoms with Gasteiger partial charge in [-0.05, 0) is 67.4 Å². The van der Waals surface area contributed by atoms with Gasteiger partial charge in [0.1, 0.15) is 5.82 Å². The predicted molar refractivity (Wildman–Crippen MR) is 254 cm³/mol. The maximum absolute atomic E-state index is 13.4. The first kappa shape index (κ1) is 49.1. The molecule has 0 aliphatic carbocycles. The van der Waals surface area contributed by atoms with Gasteiger partial charge in [0, 0.05) is 100 Å².